The van der Waals surface area contributed by atoms with E-state index in [1.54, 1.807) is 0 Å². The average Bonchev–Trinajstić information content (AvgIpc) is 0.983. The topological polar surface area (TPSA) is 46.7 Å². The van der Waals surface area contributed by atoms with Crippen molar-refractivity contribution in [3.8, 4) is 27.9 Å². The van der Waals surface area contributed by atoms with E-state index in [1.165, 1.54) is 27.6 Å². The fourth-order valence-electron chi connectivity index (χ4n) is 14.0. The van der Waals surface area contributed by atoms with Crippen LogP contribution in [-0.2, 0) is 21.7 Å². The maximum Gasteiger partial charge on any atom is 0.252 e. The third-order valence-electron chi connectivity index (χ3n) is 18.1. The van der Waals surface area contributed by atoms with E-state index in [0.29, 0.717) is 16.3 Å². The number of anilines is 3. The van der Waals surface area contributed by atoms with Crippen molar-refractivity contribution in [2.45, 2.75) is 119 Å². The number of aromatic nitrogens is 2. The third kappa shape index (κ3) is 7.03. The van der Waals surface area contributed by atoms with Crippen molar-refractivity contribution < 1.29 is 0 Å². The van der Waals surface area contributed by atoms with Crippen LogP contribution in [-0.4, -0.2) is 15.7 Å². The number of nitrogens with zero attached hydrogens (tertiary/aromatic N) is 3. The van der Waals surface area contributed by atoms with Crippen LogP contribution in [0, 0.1) is 13.8 Å². The molecule has 5 nitrogen and oxygen atoms in total. The first-order chi connectivity index (χ1) is 37.9. The van der Waals surface area contributed by atoms with E-state index in [9.17, 15) is 0 Å². The smallest absolute Gasteiger partial charge is 0.252 e. The fourth-order valence-corrected chi connectivity index (χ4v) is 14.0. The van der Waals surface area contributed by atoms with E-state index < -0.39 is 5.41 Å². The summed E-state index contributed by atoms with van der Waals surface area (Å²) in [6, 6.07) is 57.9. The summed E-state index contributed by atoms with van der Waals surface area (Å²) in [6.45, 7) is 31.1. The lowest BCUT2D eigenvalue weighted by molar-refractivity contribution is 0.590. The van der Waals surface area contributed by atoms with Crippen molar-refractivity contribution in [1.29, 1.82) is 0 Å². The molecule has 14 rings (SSSR count). The van der Waals surface area contributed by atoms with Gasteiger partial charge in [-0.15, -0.1) is 0 Å². The summed E-state index contributed by atoms with van der Waals surface area (Å²) in [4.78, 5) is 35.3. The molecule has 394 valence electrons. The van der Waals surface area contributed by atoms with Gasteiger partial charge in [0.2, 0.25) is 0 Å². The molecular formula is C74H68BN3O2. The number of para-hydroxylation sites is 1. The number of fused-ring (bicyclic) bond motifs is 6. The van der Waals surface area contributed by atoms with Crippen LogP contribution in [0.5, 0.6) is 0 Å². The first-order valence-corrected chi connectivity index (χ1v) is 28.6. The molecule has 0 atom stereocenters. The van der Waals surface area contributed by atoms with Gasteiger partial charge in [-0.25, -0.2) is 0 Å². The van der Waals surface area contributed by atoms with Crippen LogP contribution in [0.2, 0.25) is 0 Å². The van der Waals surface area contributed by atoms with Gasteiger partial charge in [0.1, 0.15) is 0 Å². The van der Waals surface area contributed by atoms with Crippen molar-refractivity contribution in [1.82, 2.24) is 8.97 Å². The number of aryl methyl sites for hydroxylation is 1. The molecule has 6 heteroatoms. The van der Waals surface area contributed by atoms with Crippen LogP contribution in [0.4, 0.5) is 17.1 Å². The van der Waals surface area contributed by atoms with Gasteiger partial charge in [0.15, 0.2) is 10.9 Å². The highest BCUT2D eigenvalue weighted by atomic mass is 16.1. The van der Waals surface area contributed by atoms with E-state index >= 15 is 9.59 Å². The van der Waals surface area contributed by atoms with Crippen molar-refractivity contribution in [3.05, 3.63) is 212 Å². The zero-order chi connectivity index (χ0) is 56.0. The normalized spacial score (nSPS) is 13.7. The molecule has 0 radical (unpaired) electrons. The SMILES string of the molecule is Cc1ccccc1-c1cccc(-c2cc3c(=O)c4c(C(C)(C)C)ccc5c4n4c6c7c(cc(C(C)(C)C)c6c(=O)c(c2)c34)N(c2ccc(C(C)(C)C)cc2)c2cc3c(cc2B57)c2cc(C(C)(C)C)ccc2n3-c2ccccc2)c1C. The van der Waals surface area contributed by atoms with Gasteiger partial charge in [0.05, 0.1) is 33.0 Å². The van der Waals surface area contributed by atoms with Crippen LogP contribution < -0.4 is 32.1 Å². The zero-order valence-corrected chi connectivity index (χ0v) is 48.7. The van der Waals surface area contributed by atoms with Crippen molar-refractivity contribution in [2.75, 3.05) is 4.90 Å². The Bertz CT molecular complexity index is 4780. The number of hydrogen-bond donors (Lipinski definition) is 0. The van der Waals surface area contributed by atoms with Gasteiger partial charge in [-0.2, -0.15) is 0 Å². The molecule has 3 aromatic heterocycles. The first-order valence-electron chi connectivity index (χ1n) is 28.6. The number of rotatable bonds is 4. The molecule has 0 amide bonds. The third-order valence-corrected chi connectivity index (χ3v) is 18.1. The van der Waals surface area contributed by atoms with Crippen LogP contribution in [0.25, 0.3) is 87.8 Å². The van der Waals surface area contributed by atoms with E-state index in [2.05, 4.69) is 269 Å². The molecule has 0 bridgehead atoms. The second kappa shape index (κ2) is 16.7. The molecule has 12 aromatic rings. The second-order valence-corrected chi connectivity index (χ2v) is 27.4. The molecule has 0 N–H and O–H groups in total. The Labute approximate surface area is 469 Å². The molecule has 80 heavy (non-hydrogen) atoms. The van der Waals surface area contributed by atoms with Gasteiger partial charge in [0.25, 0.3) is 6.71 Å². The van der Waals surface area contributed by atoms with E-state index in [1.807, 2.05) is 0 Å². The fraction of sp³-hybridized carbons (Fsp3) is 0.243. The Morgan fingerprint density at radius 3 is 1.66 bits per heavy atom. The molecule has 2 aliphatic rings. The van der Waals surface area contributed by atoms with Crippen LogP contribution in [0.3, 0.4) is 0 Å². The highest BCUT2D eigenvalue weighted by Crippen LogP contribution is 2.47. The van der Waals surface area contributed by atoms with Gasteiger partial charge >= 0.3 is 0 Å². The Balaban J connectivity index is 1.19. The Hall–Kier alpha value is -8.22. The predicted molar refractivity (Wildman–Crippen MR) is 342 cm³/mol. The highest BCUT2D eigenvalue weighted by Gasteiger charge is 2.45. The van der Waals surface area contributed by atoms with E-state index in [0.717, 1.165) is 111 Å². The summed E-state index contributed by atoms with van der Waals surface area (Å²) in [5, 5.41) is 4.93. The summed E-state index contributed by atoms with van der Waals surface area (Å²) in [5.41, 5.74) is 22.3. The van der Waals surface area contributed by atoms with Crippen LogP contribution >= 0.6 is 0 Å². The predicted octanol–water partition coefficient (Wildman–Crippen LogP) is 16.4. The Morgan fingerprint density at radius 1 is 0.412 bits per heavy atom. The van der Waals surface area contributed by atoms with Crippen molar-refractivity contribution in [3.63, 3.8) is 0 Å². The van der Waals surface area contributed by atoms with Gasteiger partial charge in [-0.1, -0.05) is 180 Å². The maximum absolute atomic E-state index is 16.5. The lowest BCUT2D eigenvalue weighted by Gasteiger charge is -2.42. The quantitative estimate of drug-likeness (QED) is 0.100. The van der Waals surface area contributed by atoms with Gasteiger partial charge < -0.3 is 13.9 Å². The summed E-state index contributed by atoms with van der Waals surface area (Å²) in [6.07, 6.45) is 0. The summed E-state index contributed by atoms with van der Waals surface area (Å²) in [5.74, 6) is 0. The van der Waals surface area contributed by atoms with E-state index in [4.69, 9.17) is 0 Å². The van der Waals surface area contributed by atoms with Crippen molar-refractivity contribution >= 4 is 100 Å². The molecule has 0 unspecified atom stereocenters. The average molecular weight is 1040 g/mol. The standard InChI is InChI=1S/C74H68BN3O2/c1-41-21-18-19-24-48(41)50-26-20-25-49(42(50)2)43-35-53-66-54(36-43)70(80)64-56(74(12,13)14)39-62-65-68(64)78(66)67-57(33-32-55(73(9,10)11)63(67)69(53)79)75(65)58-38-52-51-37-45(72(6,7)8)29-34-59(51)76(46-22-16-15-17-23-46)60(52)40-61(58)77(62)47-30-27-44(28-31-47)71(3,4)5/h15-40H,1-14H3. The lowest BCUT2D eigenvalue weighted by atomic mass is 9.33. The first kappa shape index (κ1) is 50.0. The summed E-state index contributed by atoms with van der Waals surface area (Å²) in [7, 11) is 0. The molecule has 9 aromatic carbocycles. The number of pyridine rings is 2. The molecule has 2 aliphatic heterocycles. The minimum atomic E-state index is -0.471. The zero-order valence-electron chi connectivity index (χ0n) is 48.7. The minimum absolute atomic E-state index is 0.0339. The lowest BCUT2D eigenvalue weighted by Crippen LogP contribution is -2.60. The van der Waals surface area contributed by atoms with Gasteiger partial charge in [0, 0.05) is 49.7 Å². The Kier molecular flexibility index (Phi) is 10.4. The number of benzene rings is 9. The molecule has 0 saturated heterocycles. The van der Waals surface area contributed by atoms with E-state index in [-0.39, 0.29) is 33.8 Å². The summed E-state index contributed by atoms with van der Waals surface area (Å²) < 4.78 is 4.84. The Morgan fingerprint density at radius 2 is 1.01 bits per heavy atom. The molecule has 0 spiro atoms. The summed E-state index contributed by atoms with van der Waals surface area (Å²) >= 11 is 0. The maximum atomic E-state index is 16.5. The monoisotopic (exact) mass is 1040 g/mol. The highest BCUT2D eigenvalue weighted by molar-refractivity contribution is 7.01. The number of hydrogen-bond acceptors (Lipinski definition) is 3. The molecule has 5 heterocycles. The van der Waals surface area contributed by atoms with Gasteiger partial charge in [-0.3, -0.25) is 9.59 Å². The largest absolute Gasteiger partial charge is 0.311 e. The van der Waals surface area contributed by atoms with Crippen LogP contribution in [0.1, 0.15) is 116 Å². The second-order valence-electron chi connectivity index (χ2n) is 27.4. The van der Waals surface area contributed by atoms with Crippen LogP contribution in [0.15, 0.2) is 167 Å². The van der Waals surface area contributed by atoms with Crippen molar-refractivity contribution in [2.24, 2.45) is 0 Å². The van der Waals surface area contributed by atoms with Gasteiger partial charge in [-0.05, 0) is 168 Å². The molecule has 0 saturated carbocycles. The molecule has 0 fully saturated rings. The molecule has 0 aliphatic carbocycles. The molecular weight excluding hydrogens is 974 g/mol. The minimum Gasteiger partial charge on any atom is -0.311 e.